The number of benzene rings is 2. The van der Waals surface area contributed by atoms with Crippen LogP contribution < -0.4 is 14.2 Å². The van der Waals surface area contributed by atoms with Gasteiger partial charge in [0, 0.05) is 19.2 Å². The van der Waals surface area contributed by atoms with Gasteiger partial charge in [-0.15, -0.1) is 0 Å². The molecule has 0 saturated carbocycles. The van der Waals surface area contributed by atoms with Crippen molar-refractivity contribution < 1.29 is 33.6 Å². The van der Waals surface area contributed by atoms with Gasteiger partial charge in [0.2, 0.25) is 0 Å². The van der Waals surface area contributed by atoms with E-state index in [-0.39, 0.29) is 24.5 Å². The largest absolute Gasteiger partial charge is 0.507 e. The summed E-state index contributed by atoms with van der Waals surface area (Å²) in [5.74, 6) is -0.124. The minimum absolute atomic E-state index is 0.00610. The van der Waals surface area contributed by atoms with Crippen molar-refractivity contribution in [1.82, 2.24) is 4.90 Å². The molecule has 1 N–H and O–H groups in total. The van der Waals surface area contributed by atoms with E-state index in [1.165, 1.54) is 26.2 Å². The predicted molar refractivity (Wildman–Crippen MR) is 118 cm³/mol. The zero-order valence-electron chi connectivity index (χ0n) is 18.8. The van der Waals surface area contributed by atoms with Gasteiger partial charge in [-0.2, -0.15) is 0 Å². The van der Waals surface area contributed by atoms with E-state index < -0.39 is 17.7 Å². The van der Waals surface area contributed by atoms with Crippen molar-refractivity contribution in [2.75, 3.05) is 41.6 Å². The van der Waals surface area contributed by atoms with Crippen LogP contribution in [0.15, 0.2) is 42.0 Å². The van der Waals surface area contributed by atoms with Gasteiger partial charge in [0.15, 0.2) is 11.5 Å². The Kier molecular flexibility index (Phi) is 7.05. The van der Waals surface area contributed by atoms with E-state index >= 15 is 0 Å². The number of ketones is 1. The van der Waals surface area contributed by atoms with Gasteiger partial charge in [0.1, 0.15) is 11.5 Å². The summed E-state index contributed by atoms with van der Waals surface area (Å²) in [6.07, 6.45) is 0. The number of likely N-dealkylation sites (tertiary alicyclic amines) is 1. The Labute approximate surface area is 187 Å². The second-order valence-electron chi connectivity index (χ2n) is 7.28. The Morgan fingerprint density at radius 3 is 2.28 bits per heavy atom. The van der Waals surface area contributed by atoms with Crippen molar-refractivity contribution >= 4 is 17.4 Å². The monoisotopic (exact) mass is 441 g/mol. The van der Waals surface area contributed by atoms with Gasteiger partial charge >= 0.3 is 0 Å². The smallest absolute Gasteiger partial charge is 0.295 e. The van der Waals surface area contributed by atoms with Crippen LogP contribution in [0.5, 0.6) is 17.2 Å². The first-order chi connectivity index (χ1) is 15.4. The highest BCUT2D eigenvalue weighted by atomic mass is 16.5. The Morgan fingerprint density at radius 2 is 1.69 bits per heavy atom. The summed E-state index contributed by atoms with van der Waals surface area (Å²) in [5.41, 5.74) is 1.76. The van der Waals surface area contributed by atoms with Gasteiger partial charge in [-0.05, 0) is 48.4 Å². The number of hydrogen-bond donors (Lipinski definition) is 1. The fourth-order valence-electron chi connectivity index (χ4n) is 3.84. The van der Waals surface area contributed by atoms with E-state index in [1.807, 2.05) is 0 Å². The number of carbonyl (C=O) groups excluding carboxylic acids is 2. The van der Waals surface area contributed by atoms with Crippen LogP contribution in [0.1, 0.15) is 22.7 Å². The number of aliphatic hydroxyl groups is 1. The van der Waals surface area contributed by atoms with Crippen molar-refractivity contribution in [2.24, 2.45) is 0 Å². The van der Waals surface area contributed by atoms with Crippen molar-refractivity contribution in [3.8, 4) is 17.2 Å². The molecule has 0 aliphatic carbocycles. The molecule has 1 aliphatic rings. The Bertz CT molecular complexity index is 1060. The number of carbonyl (C=O) groups is 2. The lowest BCUT2D eigenvalue weighted by Gasteiger charge is -2.25. The van der Waals surface area contributed by atoms with Crippen molar-refractivity contribution in [1.29, 1.82) is 0 Å². The molecule has 1 aliphatic heterocycles. The first-order valence-electron chi connectivity index (χ1n) is 10.0. The van der Waals surface area contributed by atoms with Gasteiger partial charge in [-0.3, -0.25) is 9.59 Å². The molecule has 3 rings (SSSR count). The molecular formula is C24H27NO7. The number of Topliss-reactive ketones (excluding diaryl/α,β-unsaturated/α-hetero) is 1. The predicted octanol–water partition coefficient (Wildman–Crippen LogP) is 3.09. The number of rotatable bonds is 8. The molecule has 0 spiro atoms. The number of aliphatic hydroxyl groups excluding tert-OH is 1. The number of nitrogens with zero attached hydrogens (tertiary/aromatic N) is 1. The summed E-state index contributed by atoms with van der Waals surface area (Å²) in [7, 11) is 6.09. The molecule has 2 aromatic carbocycles. The third-order valence-electron chi connectivity index (χ3n) is 5.49. The molecule has 170 valence electrons. The molecule has 2 aromatic rings. The highest BCUT2D eigenvalue weighted by Gasteiger charge is 2.46. The van der Waals surface area contributed by atoms with Crippen LogP contribution in [0, 0.1) is 6.92 Å². The van der Waals surface area contributed by atoms with E-state index in [9.17, 15) is 14.7 Å². The molecule has 1 heterocycles. The summed E-state index contributed by atoms with van der Waals surface area (Å²) in [4.78, 5) is 27.4. The maximum absolute atomic E-state index is 13.1. The number of aryl methyl sites for hydroxylation is 1. The fourth-order valence-corrected chi connectivity index (χ4v) is 3.84. The maximum Gasteiger partial charge on any atom is 0.295 e. The number of hydrogen-bond acceptors (Lipinski definition) is 7. The standard InChI is InChI=1S/C24H27NO7/c1-14-12-16(30-3)7-8-17(14)22(26)20-21(25(10-11-29-2)24(28)23(20)27)15-6-9-18(31-4)19(13-15)32-5/h6-9,12-13,21,26H,10-11H2,1-5H3/t21-/m0/s1. The summed E-state index contributed by atoms with van der Waals surface area (Å²) in [5, 5.41) is 11.2. The lowest BCUT2D eigenvalue weighted by atomic mass is 9.93. The lowest BCUT2D eigenvalue weighted by Crippen LogP contribution is -2.32. The number of ether oxygens (including phenoxy) is 4. The van der Waals surface area contributed by atoms with Gasteiger partial charge < -0.3 is 29.0 Å². The highest BCUT2D eigenvalue weighted by molar-refractivity contribution is 6.46. The first kappa shape index (κ1) is 23.1. The van der Waals surface area contributed by atoms with Crippen LogP contribution in [0.2, 0.25) is 0 Å². The first-order valence-corrected chi connectivity index (χ1v) is 10.0. The van der Waals surface area contributed by atoms with Gasteiger partial charge in [-0.1, -0.05) is 6.07 Å². The molecule has 8 nitrogen and oxygen atoms in total. The molecule has 0 radical (unpaired) electrons. The molecule has 0 bridgehead atoms. The molecule has 1 fully saturated rings. The topological polar surface area (TPSA) is 94.5 Å². The molecular weight excluding hydrogens is 414 g/mol. The zero-order chi connectivity index (χ0) is 23.4. The van der Waals surface area contributed by atoms with Crippen molar-refractivity contribution in [3.63, 3.8) is 0 Å². The van der Waals surface area contributed by atoms with Crippen LogP contribution >= 0.6 is 0 Å². The zero-order valence-corrected chi connectivity index (χ0v) is 18.8. The molecule has 1 saturated heterocycles. The molecule has 1 atom stereocenters. The van der Waals surface area contributed by atoms with E-state index in [0.717, 1.165) is 0 Å². The molecule has 8 heteroatoms. The van der Waals surface area contributed by atoms with E-state index in [4.69, 9.17) is 18.9 Å². The van der Waals surface area contributed by atoms with Gasteiger partial charge in [0.25, 0.3) is 11.7 Å². The van der Waals surface area contributed by atoms with Gasteiger partial charge in [0.05, 0.1) is 39.6 Å². The summed E-state index contributed by atoms with van der Waals surface area (Å²) in [6.45, 7) is 2.21. The highest BCUT2D eigenvalue weighted by Crippen LogP contribution is 2.42. The minimum Gasteiger partial charge on any atom is -0.507 e. The van der Waals surface area contributed by atoms with Crippen LogP contribution in [-0.2, 0) is 14.3 Å². The van der Waals surface area contributed by atoms with E-state index in [0.29, 0.717) is 33.9 Å². The quantitative estimate of drug-likeness (QED) is 0.382. The van der Waals surface area contributed by atoms with Crippen molar-refractivity contribution in [3.05, 3.63) is 58.7 Å². The van der Waals surface area contributed by atoms with E-state index in [1.54, 1.807) is 50.4 Å². The van der Waals surface area contributed by atoms with Crippen LogP contribution in [0.25, 0.3) is 5.76 Å². The third-order valence-corrected chi connectivity index (χ3v) is 5.49. The Morgan fingerprint density at radius 1 is 0.969 bits per heavy atom. The van der Waals surface area contributed by atoms with Crippen LogP contribution in [0.4, 0.5) is 0 Å². The molecule has 0 aromatic heterocycles. The van der Waals surface area contributed by atoms with Gasteiger partial charge in [-0.25, -0.2) is 0 Å². The summed E-state index contributed by atoms with van der Waals surface area (Å²) < 4.78 is 21.1. The molecule has 32 heavy (non-hydrogen) atoms. The summed E-state index contributed by atoms with van der Waals surface area (Å²) in [6, 6.07) is 9.43. The average molecular weight is 441 g/mol. The molecule has 1 amide bonds. The van der Waals surface area contributed by atoms with E-state index in [2.05, 4.69) is 0 Å². The number of methoxy groups -OCH3 is 4. The van der Waals surface area contributed by atoms with Crippen LogP contribution in [0.3, 0.4) is 0 Å². The maximum atomic E-state index is 13.1. The van der Waals surface area contributed by atoms with Crippen molar-refractivity contribution in [2.45, 2.75) is 13.0 Å². The van der Waals surface area contributed by atoms with Crippen LogP contribution in [-0.4, -0.2) is 63.3 Å². The molecule has 0 unspecified atom stereocenters. The minimum atomic E-state index is -0.813. The summed E-state index contributed by atoms with van der Waals surface area (Å²) >= 11 is 0. The lowest BCUT2D eigenvalue weighted by molar-refractivity contribution is -0.140. The second-order valence-corrected chi connectivity index (χ2v) is 7.28. The fraction of sp³-hybridized carbons (Fsp3) is 0.333. The second kappa shape index (κ2) is 9.74. The SMILES string of the molecule is COCCN1C(=O)C(=O)C(=C(O)c2ccc(OC)cc2C)[C@@H]1c1ccc(OC)c(OC)c1. The normalized spacial score (nSPS) is 17.5. The third kappa shape index (κ3) is 4.13. The Balaban J connectivity index is 2.21. The Hall–Kier alpha value is -3.52. The number of amides is 1. The average Bonchev–Trinajstić information content (AvgIpc) is 3.06.